The summed E-state index contributed by atoms with van der Waals surface area (Å²) in [5.41, 5.74) is 7.09. The summed E-state index contributed by atoms with van der Waals surface area (Å²) >= 11 is 0. The molecule has 1 amide bonds. The minimum Gasteiger partial charge on any atom is -0.327 e. The molecule has 6 nitrogen and oxygen atoms in total. The first-order valence-corrected chi connectivity index (χ1v) is 6.89. The highest BCUT2D eigenvalue weighted by atomic mass is 16.2. The van der Waals surface area contributed by atoms with Gasteiger partial charge in [0.1, 0.15) is 0 Å². The first-order valence-electron chi connectivity index (χ1n) is 6.89. The van der Waals surface area contributed by atoms with Crippen LogP contribution in [-0.4, -0.2) is 21.5 Å². The summed E-state index contributed by atoms with van der Waals surface area (Å²) in [7, 11) is 0. The zero-order valence-electron chi connectivity index (χ0n) is 12.2. The minimum atomic E-state index is -0.199. The van der Waals surface area contributed by atoms with Gasteiger partial charge in [-0.05, 0) is 30.2 Å². The van der Waals surface area contributed by atoms with Gasteiger partial charge in [0.05, 0.1) is 5.69 Å². The third-order valence-electron chi connectivity index (χ3n) is 3.36. The van der Waals surface area contributed by atoms with E-state index in [-0.39, 0.29) is 30.0 Å². The molecule has 1 atom stereocenters. The highest BCUT2D eigenvalue weighted by Crippen LogP contribution is 2.13. The van der Waals surface area contributed by atoms with Gasteiger partial charge in [0.2, 0.25) is 5.91 Å². The fourth-order valence-corrected chi connectivity index (χ4v) is 1.89. The average molecular weight is 288 g/mol. The van der Waals surface area contributed by atoms with Crippen LogP contribution in [0.2, 0.25) is 0 Å². The molecular formula is C15H20N4O2. The molecule has 0 saturated heterocycles. The molecule has 1 heterocycles. The fraction of sp³-hybridized carbons (Fsp3) is 0.333. The Hall–Kier alpha value is -2.34. The summed E-state index contributed by atoms with van der Waals surface area (Å²) in [6.45, 7) is 3.97. The maximum Gasteiger partial charge on any atom is 0.330 e. The van der Waals surface area contributed by atoms with Crippen LogP contribution in [0.1, 0.15) is 20.3 Å². The van der Waals surface area contributed by atoms with E-state index in [9.17, 15) is 9.59 Å². The van der Waals surface area contributed by atoms with Crippen LogP contribution in [0.4, 0.5) is 5.69 Å². The van der Waals surface area contributed by atoms with Gasteiger partial charge in [-0.25, -0.2) is 4.79 Å². The summed E-state index contributed by atoms with van der Waals surface area (Å²) in [5.74, 6) is 0.154. The Morgan fingerprint density at radius 3 is 2.52 bits per heavy atom. The molecule has 1 unspecified atom stereocenters. The Labute approximate surface area is 123 Å². The predicted octanol–water partition coefficient (Wildman–Crippen LogP) is 1.48. The highest BCUT2D eigenvalue weighted by Gasteiger charge is 2.13. The topological polar surface area (TPSA) is 92.9 Å². The van der Waals surface area contributed by atoms with Crippen molar-refractivity contribution in [1.82, 2.24) is 9.55 Å². The molecule has 0 fully saturated rings. The van der Waals surface area contributed by atoms with Gasteiger partial charge in [0, 0.05) is 30.5 Å². The largest absolute Gasteiger partial charge is 0.330 e. The predicted molar refractivity (Wildman–Crippen MR) is 82.4 cm³/mol. The second-order valence-electron chi connectivity index (χ2n) is 5.34. The number of nitrogens with zero attached hydrogens (tertiary/aromatic N) is 1. The second-order valence-corrected chi connectivity index (χ2v) is 5.34. The van der Waals surface area contributed by atoms with E-state index >= 15 is 0 Å². The maximum atomic E-state index is 11.8. The van der Waals surface area contributed by atoms with Crippen molar-refractivity contribution < 1.29 is 4.79 Å². The van der Waals surface area contributed by atoms with Crippen molar-refractivity contribution in [1.29, 1.82) is 0 Å². The Bertz CT molecular complexity index is 655. The zero-order chi connectivity index (χ0) is 15.4. The Morgan fingerprint density at radius 2 is 2.00 bits per heavy atom. The van der Waals surface area contributed by atoms with Gasteiger partial charge >= 0.3 is 5.69 Å². The van der Waals surface area contributed by atoms with Gasteiger partial charge in [-0.15, -0.1) is 0 Å². The molecular weight excluding hydrogens is 268 g/mol. The van der Waals surface area contributed by atoms with E-state index in [0.29, 0.717) is 5.69 Å². The van der Waals surface area contributed by atoms with Crippen molar-refractivity contribution >= 4 is 11.6 Å². The zero-order valence-corrected chi connectivity index (χ0v) is 12.2. The number of aromatic nitrogens is 2. The molecule has 21 heavy (non-hydrogen) atoms. The van der Waals surface area contributed by atoms with Crippen molar-refractivity contribution in [3.8, 4) is 5.69 Å². The van der Waals surface area contributed by atoms with Gasteiger partial charge < -0.3 is 16.0 Å². The van der Waals surface area contributed by atoms with Crippen LogP contribution in [0.3, 0.4) is 0 Å². The Morgan fingerprint density at radius 1 is 1.33 bits per heavy atom. The van der Waals surface area contributed by atoms with Gasteiger partial charge in [-0.1, -0.05) is 13.8 Å². The van der Waals surface area contributed by atoms with Gasteiger partial charge in [0.15, 0.2) is 0 Å². The average Bonchev–Trinajstić information content (AvgIpc) is 2.85. The van der Waals surface area contributed by atoms with Crippen molar-refractivity contribution in [2.24, 2.45) is 11.7 Å². The number of carbonyl (C=O) groups is 1. The molecule has 0 aliphatic rings. The molecule has 0 aliphatic heterocycles. The number of imidazole rings is 1. The molecule has 0 spiro atoms. The molecule has 2 rings (SSSR count). The van der Waals surface area contributed by atoms with Crippen LogP contribution in [0, 0.1) is 5.92 Å². The van der Waals surface area contributed by atoms with E-state index < -0.39 is 0 Å². The van der Waals surface area contributed by atoms with E-state index in [0.717, 1.165) is 5.69 Å². The minimum absolute atomic E-state index is 0.109. The lowest BCUT2D eigenvalue weighted by Gasteiger charge is -2.15. The summed E-state index contributed by atoms with van der Waals surface area (Å²) in [6, 6.07) is 6.91. The van der Waals surface area contributed by atoms with Gasteiger partial charge in [0.25, 0.3) is 0 Å². The van der Waals surface area contributed by atoms with Crippen molar-refractivity contribution in [2.75, 3.05) is 5.32 Å². The number of hydrogen-bond donors (Lipinski definition) is 3. The normalized spacial score (nSPS) is 12.4. The second kappa shape index (κ2) is 6.41. The Balaban J connectivity index is 2.02. The highest BCUT2D eigenvalue weighted by molar-refractivity contribution is 5.91. The molecule has 2 aromatic rings. The van der Waals surface area contributed by atoms with Crippen molar-refractivity contribution in [3.63, 3.8) is 0 Å². The lowest BCUT2D eigenvalue weighted by atomic mass is 10.0. The van der Waals surface area contributed by atoms with Crippen LogP contribution in [0.25, 0.3) is 5.69 Å². The van der Waals surface area contributed by atoms with Gasteiger partial charge in [-0.3, -0.25) is 9.36 Å². The van der Waals surface area contributed by atoms with E-state index in [2.05, 4.69) is 10.3 Å². The molecule has 6 heteroatoms. The molecule has 1 aromatic carbocycles. The summed E-state index contributed by atoms with van der Waals surface area (Å²) < 4.78 is 1.49. The number of anilines is 1. The molecule has 0 saturated carbocycles. The Kier molecular flexibility index (Phi) is 4.59. The lowest BCUT2D eigenvalue weighted by molar-refractivity contribution is -0.116. The van der Waals surface area contributed by atoms with E-state index in [1.807, 2.05) is 13.8 Å². The number of benzene rings is 1. The first kappa shape index (κ1) is 15.1. The third-order valence-corrected chi connectivity index (χ3v) is 3.36. The number of nitrogens with two attached hydrogens (primary N) is 1. The van der Waals surface area contributed by atoms with Crippen LogP contribution in [0.5, 0.6) is 0 Å². The molecule has 112 valence electrons. The third kappa shape index (κ3) is 3.82. The fourth-order valence-electron chi connectivity index (χ4n) is 1.89. The van der Waals surface area contributed by atoms with Crippen LogP contribution >= 0.6 is 0 Å². The van der Waals surface area contributed by atoms with Crippen LogP contribution < -0.4 is 16.7 Å². The lowest BCUT2D eigenvalue weighted by Crippen LogP contribution is -2.31. The van der Waals surface area contributed by atoms with Crippen molar-refractivity contribution in [3.05, 3.63) is 47.1 Å². The number of nitrogens with one attached hydrogen (secondary N) is 2. The number of aromatic amines is 1. The van der Waals surface area contributed by atoms with E-state index in [1.165, 1.54) is 4.57 Å². The van der Waals surface area contributed by atoms with Gasteiger partial charge in [-0.2, -0.15) is 0 Å². The summed E-state index contributed by atoms with van der Waals surface area (Å²) in [4.78, 5) is 25.9. The SMILES string of the molecule is CC(C)C(N)CC(=O)Nc1ccc(-n2cc[nH]c2=O)cc1. The standard InChI is InChI=1S/C15H20N4O2/c1-10(2)13(16)9-14(20)18-11-3-5-12(6-4-11)19-8-7-17-15(19)21/h3-8,10,13H,9,16H2,1-2H3,(H,17,21)(H,18,20). The molecule has 1 aromatic heterocycles. The summed E-state index contributed by atoms with van der Waals surface area (Å²) in [6.07, 6.45) is 3.51. The molecule has 0 bridgehead atoms. The van der Waals surface area contributed by atoms with E-state index in [1.54, 1.807) is 36.7 Å². The smallest absolute Gasteiger partial charge is 0.327 e. The number of carbonyl (C=O) groups excluding carboxylic acids is 1. The van der Waals surface area contributed by atoms with E-state index in [4.69, 9.17) is 5.73 Å². The first-order chi connectivity index (χ1) is 9.97. The number of H-pyrrole nitrogens is 1. The maximum absolute atomic E-state index is 11.8. The number of rotatable bonds is 5. The molecule has 4 N–H and O–H groups in total. The van der Waals surface area contributed by atoms with Crippen LogP contribution in [0.15, 0.2) is 41.5 Å². The summed E-state index contributed by atoms with van der Waals surface area (Å²) in [5, 5.41) is 2.80. The van der Waals surface area contributed by atoms with Crippen molar-refractivity contribution in [2.45, 2.75) is 26.3 Å². The molecule has 0 radical (unpaired) electrons. The monoisotopic (exact) mass is 288 g/mol. The molecule has 0 aliphatic carbocycles. The number of hydrogen-bond acceptors (Lipinski definition) is 3. The number of amides is 1. The van der Waals surface area contributed by atoms with Crippen LogP contribution in [-0.2, 0) is 4.79 Å². The quantitative estimate of drug-likeness (QED) is 0.778.